The highest BCUT2D eigenvalue weighted by Crippen LogP contribution is 2.14. The van der Waals surface area contributed by atoms with Crippen molar-refractivity contribution in [1.29, 1.82) is 0 Å². The van der Waals surface area contributed by atoms with Gasteiger partial charge in [-0.3, -0.25) is 0 Å². The molecule has 0 bridgehead atoms. The van der Waals surface area contributed by atoms with Gasteiger partial charge in [-0.05, 0) is 12.3 Å². The van der Waals surface area contributed by atoms with E-state index in [1.54, 1.807) is 0 Å². The molecule has 0 aliphatic carbocycles. The number of hydrogen-bond donors (Lipinski definition) is 1. The highest BCUT2D eigenvalue weighted by atomic mass is 16.3. The van der Waals surface area contributed by atoms with Gasteiger partial charge in [-0.1, -0.05) is 13.8 Å². The summed E-state index contributed by atoms with van der Waals surface area (Å²) in [5, 5.41) is 13.9. The number of nitrogens with zero attached hydrogens (tertiary/aromatic N) is 3. The van der Waals surface area contributed by atoms with Crippen LogP contribution in [0.2, 0.25) is 0 Å². The molecule has 0 fully saturated rings. The molecule has 4 nitrogen and oxygen atoms in total. The van der Waals surface area contributed by atoms with Crippen LogP contribution < -0.4 is 0 Å². The Hall–Kier alpha value is -0.900. The first-order chi connectivity index (χ1) is 6.65. The maximum absolute atomic E-state index is 9.47. The molecular formula is C10H17N3O. The lowest BCUT2D eigenvalue weighted by Crippen LogP contribution is -2.23. The summed E-state index contributed by atoms with van der Waals surface area (Å²) in [6.45, 7) is 5.13. The molecule has 0 radical (unpaired) electrons. The van der Waals surface area contributed by atoms with Crippen molar-refractivity contribution in [3.8, 4) is 0 Å². The van der Waals surface area contributed by atoms with E-state index in [0.29, 0.717) is 12.3 Å². The Labute approximate surface area is 84.0 Å². The lowest BCUT2D eigenvalue weighted by Gasteiger charge is -2.16. The highest BCUT2D eigenvalue weighted by molar-refractivity contribution is 4.98. The molecule has 1 N–H and O–H groups in total. The number of fused-ring (bicyclic) bond motifs is 1. The first-order valence-corrected chi connectivity index (χ1v) is 5.26. The van der Waals surface area contributed by atoms with Crippen molar-refractivity contribution in [2.75, 3.05) is 0 Å². The van der Waals surface area contributed by atoms with Gasteiger partial charge in [0.2, 0.25) is 0 Å². The zero-order valence-corrected chi connectivity index (χ0v) is 8.77. The van der Waals surface area contributed by atoms with Crippen molar-refractivity contribution in [2.45, 2.75) is 45.8 Å². The van der Waals surface area contributed by atoms with Gasteiger partial charge in [0, 0.05) is 19.4 Å². The summed E-state index contributed by atoms with van der Waals surface area (Å²) in [5.74, 6) is 2.45. The number of rotatable bonds is 2. The van der Waals surface area contributed by atoms with Crippen LogP contribution in [0.25, 0.3) is 0 Å². The van der Waals surface area contributed by atoms with Crippen molar-refractivity contribution in [2.24, 2.45) is 5.92 Å². The molecular weight excluding hydrogens is 178 g/mol. The lowest BCUT2D eigenvalue weighted by atomic mass is 10.1. The predicted molar refractivity (Wildman–Crippen MR) is 52.9 cm³/mol. The van der Waals surface area contributed by atoms with Gasteiger partial charge in [0.25, 0.3) is 0 Å². The normalized spacial score (nSPS) is 21.3. The summed E-state index contributed by atoms with van der Waals surface area (Å²) >= 11 is 0. The highest BCUT2D eigenvalue weighted by Gasteiger charge is 2.19. The van der Waals surface area contributed by atoms with Gasteiger partial charge in [-0.25, -0.2) is 9.67 Å². The van der Waals surface area contributed by atoms with Gasteiger partial charge >= 0.3 is 0 Å². The summed E-state index contributed by atoms with van der Waals surface area (Å²) < 4.78 is 1.93. The number of hydrogen-bond acceptors (Lipinski definition) is 3. The third kappa shape index (κ3) is 1.95. The topological polar surface area (TPSA) is 50.9 Å². The average molecular weight is 195 g/mol. The second-order valence-corrected chi connectivity index (χ2v) is 4.41. The SMILES string of the molecule is CC(C)Cc1nc2n(n1)CCC(O)C2. The standard InChI is InChI=1S/C10H17N3O/c1-7(2)5-9-11-10-6-8(14)3-4-13(10)12-9/h7-8,14H,3-6H2,1-2H3. The van der Waals surface area contributed by atoms with Gasteiger partial charge in [-0.2, -0.15) is 5.10 Å². The second-order valence-electron chi connectivity index (χ2n) is 4.41. The summed E-state index contributed by atoms with van der Waals surface area (Å²) in [6, 6.07) is 0. The van der Waals surface area contributed by atoms with Gasteiger partial charge in [0.05, 0.1) is 6.10 Å². The van der Waals surface area contributed by atoms with Crippen molar-refractivity contribution in [1.82, 2.24) is 14.8 Å². The van der Waals surface area contributed by atoms with Crippen molar-refractivity contribution < 1.29 is 5.11 Å². The predicted octanol–water partition coefficient (Wildman–Crippen LogP) is 0.784. The second kappa shape index (κ2) is 3.69. The van der Waals surface area contributed by atoms with Gasteiger partial charge in [0.1, 0.15) is 5.82 Å². The summed E-state index contributed by atoms with van der Waals surface area (Å²) in [4.78, 5) is 4.43. The van der Waals surface area contributed by atoms with E-state index < -0.39 is 0 Å². The third-order valence-electron chi connectivity index (χ3n) is 2.48. The molecule has 0 spiro atoms. The fourth-order valence-electron chi connectivity index (χ4n) is 1.79. The van der Waals surface area contributed by atoms with Crippen LogP contribution in [0.15, 0.2) is 0 Å². The zero-order chi connectivity index (χ0) is 10.1. The Morgan fingerprint density at radius 2 is 2.36 bits per heavy atom. The summed E-state index contributed by atoms with van der Waals surface area (Å²) in [5.41, 5.74) is 0. The van der Waals surface area contributed by atoms with E-state index >= 15 is 0 Å². The van der Waals surface area contributed by atoms with E-state index in [2.05, 4.69) is 23.9 Å². The molecule has 1 atom stereocenters. The molecule has 0 aromatic carbocycles. The zero-order valence-electron chi connectivity index (χ0n) is 8.77. The molecule has 0 amide bonds. The molecule has 0 saturated heterocycles. The minimum absolute atomic E-state index is 0.224. The smallest absolute Gasteiger partial charge is 0.151 e. The molecule has 1 aliphatic heterocycles. The van der Waals surface area contributed by atoms with Gasteiger partial charge in [-0.15, -0.1) is 0 Å². The minimum Gasteiger partial charge on any atom is -0.393 e. The van der Waals surface area contributed by atoms with Gasteiger partial charge in [0.15, 0.2) is 5.82 Å². The third-order valence-corrected chi connectivity index (χ3v) is 2.48. The maximum atomic E-state index is 9.47. The first-order valence-electron chi connectivity index (χ1n) is 5.26. The van der Waals surface area contributed by atoms with Crippen LogP contribution in [0, 0.1) is 5.92 Å². The van der Waals surface area contributed by atoms with Crippen LogP contribution in [0.4, 0.5) is 0 Å². The van der Waals surface area contributed by atoms with Crippen molar-refractivity contribution in [3.05, 3.63) is 11.6 Å². The molecule has 14 heavy (non-hydrogen) atoms. The quantitative estimate of drug-likeness (QED) is 0.758. The Morgan fingerprint density at radius 3 is 3.07 bits per heavy atom. The summed E-state index contributed by atoms with van der Waals surface area (Å²) in [6.07, 6.45) is 2.16. The lowest BCUT2D eigenvalue weighted by molar-refractivity contribution is 0.138. The van der Waals surface area contributed by atoms with Crippen LogP contribution in [0.5, 0.6) is 0 Å². The number of aliphatic hydroxyl groups excluding tert-OH is 1. The minimum atomic E-state index is -0.224. The Balaban J connectivity index is 2.15. The van der Waals surface area contributed by atoms with E-state index in [4.69, 9.17) is 0 Å². The molecule has 1 aromatic rings. The first kappa shape index (κ1) is 9.65. The molecule has 1 aromatic heterocycles. The van der Waals surface area contributed by atoms with E-state index in [1.807, 2.05) is 4.68 Å². The molecule has 1 unspecified atom stereocenters. The van der Waals surface area contributed by atoms with Crippen LogP contribution in [0.3, 0.4) is 0 Å². The fraction of sp³-hybridized carbons (Fsp3) is 0.800. The van der Waals surface area contributed by atoms with Crippen LogP contribution in [0.1, 0.15) is 31.9 Å². The monoisotopic (exact) mass is 195 g/mol. The maximum Gasteiger partial charge on any atom is 0.151 e. The molecule has 0 saturated carbocycles. The molecule has 2 heterocycles. The van der Waals surface area contributed by atoms with E-state index in [1.165, 1.54) is 0 Å². The molecule has 4 heteroatoms. The Bertz CT molecular complexity index is 319. The number of aliphatic hydroxyl groups is 1. The number of aryl methyl sites for hydroxylation is 1. The van der Waals surface area contributed by atoms with E-state index in [9.17, 15) is 5.11 Å². The van der Waals surface area contributed by atoms with E-state index in [-0.39, 0.29) is 6.10 Å². The van der Waals surface area contributed by atoms with Gasteiger partial charge < -0.3 is 5.11 Å². The van der Waals surface area contributed by atoms with Crippen molar-refractivity contribution >= 4 is 0 Å². The van der Waals surface area contributed by atoms with Crippen LogP contribution in [-0.4, -0.2) is 26.0 Å². The Kier molecular flexibility index (Phi) is 2.54. The molecule has 2 rings (SSSR count). The largest absolute Gasteiger partial charge is 0.393 e. The van der Waals surface area contributed by atoms with Crippen LogP contribution >= 0.6 is 0 Å². The van der Waals surface area contributed by atoms with Crippen LogP contribution in [-0.2, 0) is 19.4 Å². The van der Waals surface area contributed by atoms with E-state index in [0.717, 1.165) is 31.0 Å². The fourth-order valence-corrected chi connectivity index (χ4v) is 1.79. The number of aromatic nitrogens is 3. The summed E-state index contributed by atoms with van der Waals surface area (Å²) in [7, 11) is 0. The Morgan fingerprint density at radius 1 is 1.57 bits per heavy atom. The van der Waals surface area contributed by atoms with Crippen molar-refractivity contribution in [3.63, 3.8) is 0 Å². The average Bonchev–Trinajstić information content (AvgIpc) is 2.44. The molecule has 78 valence electrons. The molecule has 1 aliphatic rings.